The average Bonchev–Trinajstić information content (AvgIpc) is 2.63. The monoisotopic (exact) mass is 339 g/mol. The van der Waals surface area contributed by atoms with Crippen LogP contribution in [0.1, 0.15) is 29.3 Å². The second-order valence-electron chi connectivity index (χ2n) is 5.88. The van der Waals surface area contributed by atoms with Crippen molar-refractivity contribution in [2.75, 3.05) is 11.9 Å². The third kappa shape index (κ3) is 3.57. The van der Waals surface area contributed by atoms with Gasteiger partial charge in [-0.05, 0) is 37.1 Å². The number of para-hydroxylation sites is 2. The minimum absolute atomic E-state index is 0.160. The number of hydrogen-bond donors (Lipinski definition) is 2. The highest BCUT2D eigenvalue weighted by Crippen LogP contribution is 2.25. The smallest absolute Gasteiger partial charge is 0.276 e. The van der Waals surface area contributed by atoms with Crippen molar-refractivity contribution < 1.29 is 14.3 Å². The van der Waals surface area contributed by atoms with Crippen LogP contribution in [0.25, 0.3) is 0 Å². The maximum Gasteiger partial charge on any atom is 0.276 e. The summed E-state index contributed by atoms with van der Waals surface area (Å²) in [6, 6.07) is 14.7. The first-order valence-corrected chi connectivity index (χ1v) is 8.27. The number of hydrazine groups is 1. The van der Waals surface area contributed by atoms with E-state index in [4.69, 9.17) is 4.74 Å². The molecular weight excluding hydrogens is 318 g/mol. The van der Waals surface area contributed by atoms with Crippen LogP contribution in [0.3, 0.4) is 0 Å². The van der Waals surface area contributed by atoms with Gasteiger partial charge >= 0.3 is 0 Å². The molecule has 2 amide bonds. The van der Waals surface area contributed by atoms with Gasteiger partial charge < -0.3 is 10.1 Å². The van der Waals surface area contributed by atoms with Gasteiger partial charge in [-0.25, -0.2) is 5.01 Å². The van der Waals surface area contributed by atoms with Crippen molar-refractivity contribution in [3.63, 3.8) is 0 Å². The Bertz CT molecular complexity index is 791. The molecule has 130 valence electrons. The van der Waals surface area contributed by atoms with E-state index < -0.39 is 0 Å². The summed E-state index contributed by atoms with van der Waals surface area (Å²) in [5, 5.41) is 4.60. The largest absolute Gasteiger partial charge is 0.483 e. The Morgan fingerprint density at radius 3 is 2.68 bits per heavy atom. The van der Waals surface area contributed by atoms with Crippen LogP contribution in [0, 0.1) is 6.92 Å². The predicted molar refractivity (Wildman–Crippen MR) is 95.1 cm³/mol. The molecule has 0 saturated heterocycles. The first-order chi connectivity index (χ1) is 12.1. The van der Waals surface area contributed by atoms with Crippen molar-refractivity contribution in [1.29, 1.82) is 0 Å². The van der Waals surface area contributed by atoms with Gasteiger partial charge in [0.1, 0.15) is 11.9 Å². The van der Waals surface area contributed by atoms with Gasteiger partial charge in [-0.3, -0.25) is 15.0 Å². The van der Waals surface area contributed by atoms with E-state index in [0.717, 1.165) is 11.3 Å². The Morgan fingerprint density at radius 1 is 1.20 bits per heavy atom. The zero-order chi connectivity index (χ0) is 17.8. The number of nitrogens with one attached hydrogen (secondary N) is 2. The van der Waals surface area contributed by atoms with Gasteiger partial charge in [0.2, 0.25) is 0 Å². The van der Waals surface area contributed by atoms with Crippen molar-refractivity contribution in [1.82, 2.24) is 10.4 Å². The number of rotatable bonds is 5. The Morgan fingerprint density at radius 2 is 1.92 bits per heavy atom. The molecule has 1 aliphatic rings. The van der Waals surface area contributed by atoms with Crippen LogP contribution in [-0.2, 0) is 4.79 Å². The highest BCUT2D eigenvalue weighted by molar-refractivity contribution is 6.02. The number of carbonyl (C=O) groups excluding carboxylic acids is 2. The maximum atomic E-state index is 12.7. The number of ether oxygens (including phenoxy) is 1. The first-order valence-electron chi connectivity index (χ1n) is 8.27. The van der Waals surface area contributed by atoms with E-state index in [1.165, 1.54) is 5.01 Å². The molecule has 0 radical (unpaired) electrons. The topological polar surface area (TPSA) is 70.7 Å². The Labute approximate surface area is 146 Å². The molecule has 0 aliphatic carbocycles. The van der Waals surface area contributed by atoms with Crippen LogP contribution in [0.4, 0.5) is 5.69 Å². The van der Waals surface area contributed by atoms with Gasteiger partial charge in [-0.15, -0.1) is 0 Å². The molecule has 2 N–H and O–H groups in total. The Kier molecular flexibility index (Phi) is 4.88. The van der Waals surface area contributed by atoms with Gasteiger partial charge in [0, 0.05) is 5.69 Å². The van der Waals surface area contributed by atoms with Gasteiger partial charge in [0.05, 0.1) is 5.56 Å². The normalized spacial score (nSPS) is 16.0. The lowest BCUT2D eigenvalue weighted by molar-refractivity contribution is -0.127. The van der Waals surface area contributed by atoms with Crippen LogP contribution < -0.4 is 15.5 Å². The summed E-state index contributed by atoms with van der Waals surface area (Å²) in [5.41, 5.74) is 4.92. The SMILES string of the molecule is CCC1Nc2ccccc2C(=O)N1NC(=O)COc1ccccc1C. The van der Waals surface area contributed by atoms with E-state index in [2.05, 4.69) is 10.7 Å². The molecule has 0 fully saturated rings. The summed E-state index contributed by atoms with van der Waals surface area (Å²) in [4.78, 5) is 24.9. The zero-order valence-corrected chi connectivity index (χ0v) is 14.3. The molecule has 0 aromatic heterocycles. The minimum atomic E-state index is -0.378. The van der Waals surface area contributed by atoms with E-state index in [9.17, 15) is 9.59 Å². The van der Waals surface area contributed by atoms with Crippen LogP contribution in [-0.4, -0.2) is 29.6 Å². The van der Waals surface area contributed by atoms with Crippen molar-refractivity contribution in [2.45, 2.75) is 26.4 Å². The predicted octanol–water partition coefficient (Wildman–Crippen LogP) is 2.71. The minimum Gasteiger partial charge on any atom is -0.483 e. The number of aryl methyl sites for hydroxylation is 1. The third-order valence-corrected chi connectivity index (χ3v) is 4.09. The molecule has 0 spiro atoms. The van der Waals surface area contributed by atoms with Gasteiger partial charge in [-0.1, -0.05) is 37.3 Å². The van der Waals surface area contributed by atoms with Crippen molar-refractivity contribution in [2.24, 2.45) is 0 Å². The number of anilines is 1. The first kappa shape index (κ1) is 16.8. The number of amides is 2. The summed E-state index contributed by atoms with van der Waals surface area (Å²) in [5.74, 6) is 0.0415. The van der Waals surface area contributed by atoms with Crippen LogP contribution in [0.15, 0.2) is 48.5 Å². The fraction of sp³-hybridized carbons (Fsp3) is 0.263. The van der Waals surface area contributed by atoms with Crippen LogP contribution in [0.2, 0.25) is 0 Å². The fourth-order valence-electron chi connectivity index (χ4n) is 2.75. The van der Waals surface area contributed by atoms with Crippen molar-refractivity contribution in [3.05, 3.63) is 59.7 Å². The quantitative estimate of drug-likeness (QED) is 0.879. The lowest BCUT2D eigenvalue weighted by Gasteiger charge is -2.37. The molecular formula is C19H21N3O3. The number of fused-ring (bicyclic) bond motifs is 1. The molecule has 1 unspecified atom stereocenters. The number of nitrogens with zero attached hydrogens (tertiary/aromatic N) is 1. The molecule has 1 heterocycles. The summed E-state index contributed by atoms with van der Waals surface area (Å²) in [6.07, 6.45) is 0.351. The second kappa shape index (κ2) is 7.25. The maximum absolute atomic E-state index is 12.7. The number of benzene rings is 2. The van der Waals surface area contributed by atoms with E-state index in [1.807, 2.05) is 44.2 Å². The summed E-state index contributed by atoms with van der Waals surface area (Å²) >= 11 is 0. The summed E-state index contributed by atoms with van der Waals surface area (Å²) < 4.78 is 5.54. The van der Waals surface area contributed by atoms with Crippen molar-refractivity contribution >= 4 is 17.5 Å². The highest BCUT2D eigenvalue weighted by Gasteiger charge is 2.32. The highest BCUT2D eigenvalue weighted by atomic mass is 16.5. The molecule has 1 aliphatic heterocycles. The lowest BCUT2D eigenvalue weighted by Crippen LogP contribution is -2.57. The van der Waals surface area contributed by atoms with E-state index in [1.54, 1.807) is 18.2 Å². The van der Waals surface area contributed by atoms with Crippen LogP contribution in [0.5, 0.6) is 5.75 Å². The molecule has 0 bridgehead atoms. The number of hydrogen-bond acceptors (Lipinski definition) is 4. The molecule has 2 aromatic rings. The fourth-order valence-corrected chi connectivity index (χ4v) is 2.75. The van der Waals surface area contributed by atoms with E-state index >= 15 is 0 Å². The van der Waals surface area contributed by atoms with Gasteiger partial charge in [0.25, 0.3) is 11.8 Å². The summed E-state index contributed by atoms with van der Waals surface area (Å²) in [6.45, 7) is 3.70. The van der Waals surface area contributed by atoms with E-state index in [-0.39, 0.29) is 24.6 Å². The van der Waals surface area contributed by atoms with Gasteiger partial charge in [0.15, 0.2) is 6.61 Å². The molecule has 25 heavy (non-hydrogen) atoms. The molecule has 3 rings (SSSR count). The molecule has 6 nitrogen and oxygen atoms in total. The average molecular weight is 339 g/mol. The van der Waals surface area contributed by atoms with E-state index in [0.29, 0.717) is 17.7 Å². The second-order valence-corrected chi connectivity index (χ2v) is 5.88. The summed E-state index contributed by atoms with van der Waals surface area (Å²) in [7, 11) is 0. The Hall–Kier alpha value is -3.02. The number of carbonyl (C=O) groups is 2. The molecule has 2 aromatic carbocycles. The standard InChI is InChI=1S/C19H21N3O3/c1-3-17-20-15-10-6-5-9-14(15)19(24)22(17)21-18(23)12-25-16-11-7-4-8-13(16)2/h4-11,17,20H,3,12H2,1-2H3,(H,21,23). The molecule has 0 saturated carbocycles. The van der Waals surface area contributed by atoms with Crippen LogP contribution >= 0.6 is 0 Å². The zero-order valence-electron chi connectivity index (χ0n) is 14.3. The lowest BCUT2D eigenvalue weighted by atomic mass is 10.1. The van der Waals surface area contributed by atoms with Gasteiger partial charge in [-0.2, -0.15) is 0 Å². The molecule has 6 heteroatoms. The third-order valence-electron chi connectivity index (χ3n) is 4.09. The van der Waals surface area contributed by atoms with Crippen molar-refractivity contribution in [3.8, 4) is 5.75 Å². The Balaban J connectivity index is 1.67. The molecule has 1 atom stereocenters.